The van der Waals surface area contributed by atoms with Crippen molar-refractivity contribution < 1.29 is 14.3 Å². The molecule has 31 heavy (non-hydrogen) atoms. The molecule has 0 radical (unpaired) electrons. The number of carbonyl (C=O) groups is 1. The number of hydrogen-bond donors (Lipinski definition) is 1. The molecular weight excluding hydrogens is 420 g/mol. The Balaban J connectivity index is 1.49. The molecule has 3 aromatic heterocycles. The second-order valence-corrected chi connectivity index (χ2v) is 7.95. The van der Waals surface area contributed by atoms with Gasteiger partial charge in [-0.05, 0) is 0 Å². The van der Waals surface area contributed by atoms with Crippen LogP contribution in [0.5, 0.6) is 0 Å². The van der Waals surface area contributed by atoms with Crippen molar-refractivity contribution in [2.75, 3.05) is 57.5 Å². The van der Waals surface area contributed by atoms with Crippen LogP contribution in [0, 0.1) is 0 Å². The number of aromatic amines is 1. The minimum atomic E-state index is 0.0346. The lowest BCUT2D eigenvalue weighted by molar-refractivity contribution is -0.134. The number of carbonyl (C=O) groups excluding carboxylic acids is 1. The van der Waals surface area contributed by atoms with E-state index in [1.54, 1.807) is 18.6 Å². The molecule has 1 amide bonds. The van der Waals surface area contributed by atoms with Gasteiger partial charge in [-0.25, -0.2) is 9.97 Å². The summed E-state index contributed by atoms with van der Waals surface area (Å²) < 4.78 is 10.8. The molecule has 162 valence electrons. The zero-order valence-electron chi connectivity index (χ0n) is 17.0. The Labute approximate surface area is 184 Å². The summed E-state index contributed by atoms with van der Waals surface area (Å²) in [7, 11) is 0. The van der Waals surface area contributed by atoms with Crippen LogP contribution in [0.4, 0.5) is 5.69 Å². The summed E-state index contributed by atoms with van der Waals surface area (Å²) in [6, 6.07) is 0. The number of rotatable bonds is 4. The molecule has 2 aliphatic rings. The molecular formula is C21H23ClN6O3. The van der Waals surface area contributed by atoms with Crippen LogP contribution in [0.2, 0.25) is 5.02 Å². The predicted molar refractivity (Wildman–Crippen MR) is 116 cm³/mol. The van der Waals surface area contributed by atoms with Gasteiger partial charge in [0.25, 0.3) is 0 Å². The molecule has 0 aliphatic carbocycles. The molecule has 1 N–H and O–H groups in total. The van der Waals surface area contributed by atoms with E-state index in [1.807, 2.05) is 11.1 Å². The fraction of sp³-hybridized carbons (Fsp3) is 0.429. The highest BCUT2D eigenvalue weighted by Crippen LogP contribution is 2.39. The van der Waals surface area contributed by atoms with Crippen LogP contribution in [0.25, 0.3) is 22.3 Å². The summed E-state index contributed by atoms with van der Waals surface area (Å²) >= 11 is 6.58. The summed E-state index contributed by atoms with van der Waals surface area (Å²) in [5.74, 6) is 0.0346. The second kappa shape index (κ2) is 8.78. The van der Waals surface area contributed by atoms with Crippen LogP contribution in [0.1, 0.15) is 5.69 Å². The summed E-state index contributed by atoms with van der Waals surface area (Å²) in [4.78, 5) is 33.4. The van der Waals surface area contributed by atoms with Crippen molar-refractivity contribution in [1.29, 1.82) is 0 Å². The second-order valence-electron chi connectivity index (χ2n) is 7.55. The topological polar surface area (TPSA) is 96.5 Å². The molecule has 2 saturated heterocycles. The van der Waals surface area contributed by atoms with Gasteiger partial charge in [0.1, 0.15) is 5.65 Å². The van der Waals surface area contributed by atoms with Gasteiger partial charge in [0.2, 0.25) is 5.91 Å². The highest BCUT2D eigenvalue weighted by Gasteiger charge is 2.23. The number of halogens is 1. The molecule has 0 spiro atoms. The lowest BCUT2D eigenvalue weighted by Gasteiger charge is -2.30. The average molecular weight is 443 g/mol. The van der Waals surface area contributed by atoms with Crippen LogP contribution in [0.3, 0.4) is 0 Å². The third-order valence-corrected chi connectivity index (χ3v) is 5.89. The third-order valence-electron chi connectivity index (χ3n) is 5.61. The predicted octanol–water partition coefficient (Wildman–Crippen LogP) is 1.91. The number of anilines is 1. The van der Waals surface area contributed by atoms with Gasteiger partial charge >= 0.3 is 0 Å². The van der Waals surface area contributed by atoms with Crippen molar-refractivity contribution in [3.63, 3.8) is 0 Å². The zero-order chi connectivity index (χ0) is 21.2. The minimum Gasteiger partial charge on any atom is -0.378 e. The lowest BCUT2D eigenvalue weighted by Crippen LogP contribution is -2.41. The fourth-order valence-corrected chi connectivity index (χ4v) is 4.32. The van der Waals surface area contributed by atoms with Crippen molar-refractivity contribution >= 4 is 34.2 Å². The maximum Gasteiger partial charge on any atom is 0.228 e. The molecule has 9 nitrogen and oxygen atoms in total. The van der Waals surface area contributed by atoms with E-state index in [4.69, 9.17) is 26.1 Å². The van der Waals surface area contributed by atoms with E-state index in [0.29, 0.717) is 55.9 Å². The van der Waals surface area contributed by atoms with E-state index >= 15 is 0 Å². The minimum absolute atomic E-state index is 0.0346. The molecule has 0 saturated carbocycles. The number of ether oxygens (including phenoxy) is 2. The Morgan fingerprint density at radius 3 is 2.58 bits per heavy atom. The molecule has 0 bridgehead atoms. The Hall–Kier alpha value is -2.75. The Bertz CT molecular complexity index is 1090. The molecule has 3 aromatic rings. The number of nitrogens with one attached hydrogen (secondary N) is 1. The van der Waals surface area contributed by atoms with Gasteiger partial charge in [0.15, 0.2) is 0 Å². The monoisotopic (exact) mass is 442 g/mol. The van der Waals surface area contributed by atoms with Gasteiger partial charge in [-0.1, -0.05) is 11.6 Å². The van der Waals surface area contributed by atoms with Crippen LogP contribution in [0.15, 0.2) is 24.8 Å². The van der Waals surface area contributed by atoms with E-state index in [1.165, 1.54) is 0 Å². The van der Waals surface area contributed by atoms with Crippen molar-refractivity contribution in [1.82, 2.24) is 24.8 Å². The Kier molecular flexibility index (Phi) is 5.71. The number of hydrogen-bond acceptors (Lipinski definition) is 7. The van der Waals surface area contributed by atoms with E-state index in [9.17, 15) is 4.79 Å². The number of aromatic nitrogens is 4. The first-order chi connectivity index (χ1) is 15.2. The van der Waals surface area contributed by atoms with Crippen molar-refractivity contribution in [3.8, 4) is 11.3 Å². The number of fused-ring (bicyclic) bond motifs is 1. The Morgan fingerprint density at radius 2 is 1.81 bits per heavy atom. The van der Waals surface area contributed by atoms with Crippen LogP contribution < -0.4 is 4.90 Å². The molecule has 10 heteroatoms. The van der Waals surface area contributed by atoms with Crippen molar-refractivity contribution in [2.24, 2.45) is 0 Å². The van der Waals surface area contributed by atoms with Crippen molar-refractivity contribution in [3.05, 3.63) is 35.5 Å². The Morgan fingerprint density at radius 1 is 1.06 bits per heavy atom. The first-order valence-electron chi connectivity index (χ1n) is 10.4. The van der Waals surface area contributed by atoms with E-state index in [2.05, 4.69) is 19.9 Å². The van der Waals surface area contributed by atoms with Gasteiger partial charge < -0.3 is 24.3 Å². The SMILES string of the molecule is O=C(Cc1cncc(-c2c[nH]c3ncc(Cl)c(N4CCOCC4)c23)n1)N1CCOCC1. The number of pyridine rings is 1. The summed E-state index contributed by atoms with van der Waals surface area (Å²) in [6.45, 7) is 5.18. The molecule has 0 aromatic carbocycles. The summed E-state index contributed by atoms with van der Waals surface area (Å²) in [5, 5.41) is 1.49. The fourth-order valence-electron chi connectivity index (χ4n) is 4.05. The smallest absolute Gasteiger partial charge is 0.228 e. The third kappa shape index (κ3) is 4.08. The molecule has 0 unspecified atom stereocenters. The maximum atomic E-state index is 12.6. The zero-order valence-corrected chi connectivity index (χ0v) is 17.8. The van der Waals surface area contributed by atoms with E-state index < -0.39 is 0 Å². The quantitative estimate of drug-likeness (QED) is 0.659. The van der Waals surface area contributed by atoms with Gasteiger partial charge in [0, 0.05) is 44.1 Å². The lowest BCUT2D eigenvalue weighted by atomic mass is 10.1. The molecule has 2 fully saturated rings. The number of morpholine rings is 2. The first-order valence-corrected chi connectivity index (χ1v) is 10.7. The molecule has 5 rings (SSSR count). The van der Waals surface area contributed by atoms with E-state index in [0.717, 1.165) is 35.4 Å². The summed E-state index contributed by atoms with van der Waals surface area (Å²) in [5.41, 5.74) is 3.82. The van der Waals surface area contributed by atoms with Crippen molar-refractivity contribution in [2.45, 2.75) is 6.42 Å². The molecule has 5 heterocycles. The first kappa shape index (κ1) is 20.2. The van der Waals surface area contributed by atoms with Gasteiger partial charge in [-0.15, -0.1) is 0 Å². The largest absolute Gasteiger partial charge is 0.378 e. The molecule has 0 atom stereocenters. The standard InChI is InChI=1S/C21H23ClN6O3/c22-16-12-25-21-19(20(16)28-3-7-31-8-4-28)15(11-24-21)17-13-23-10-14(26-17)9-18(29)27-1-5-30-6-2-27/h10-13H,1-9H2,(H,24,25). The van der Waals surface area contributed by atoms with Gasteiger partial charge in [-0.2, -0.15) is 0 Å². The summed E-state index contributed by atoms with van der Waals surface area (Å²) in [6.07, 6.45) is 7.09. The highest BCUT2D eigenvalue weighted by molar-refractivity contribution is 6.35. The number of H-pyrrole nitrogens is 1. The number of nitrogens with zero attached hydrogens (tertiary/aromatic N) is 5. The van der Waals surface area contributed by atoms with E-state index in [-0.39, 0.29) is 12.3 Å². The molecule has 2 aliphatic heterocycles. The highest BCUT2D eigenvalue weighted by atomic mass is 35.5. The maximum absolute atomic E-state index is 12.6. The van der Waals surface area contributed by atoms with Crippen LogP contribution in [-0.2, 0) is 20.7 Å². The number of amides is 1. The average Bonchev–Trinajstić information content (AvgIpc) is 3.24. The van der Waals surface area contributed by atoms with Crippen LogP contribution in [-0.4, -0.2) is 83.3 Å². The normalized spacial score (nSPS) is 17.3. The van der Waals surface area contributed by atoms with Gasteiger partial charge in [-0.3, -0.25) is 9.78 Å². The van der Waals surface area contributed by atoms with Crippen LogP contribution >= 0.6 is 11.6 Å². The van der Waals surface area contributed by atoms with Gasteiger partial charge in [0.05, 0.1) is 72.7 Å².